The lowest BCUT2D eigenvalue weighted by atomic mass is 10.1. The zero-order valence-electron chi connectivity index (χ0n) is 15.7. The van der Waals surface area contributed by atoms with Crippen molar-refractivity contribution in [1.82, 2.24) is 20.9 Å². The van der Waals surface area contributed by atoms with Gasteiger partial charge in [0.2, 0.25) is 5.91 Å². The highest BCUT2D eigenvalue weighted by atomic mass is 127. The van der Waals surface area contributed by atoms with Crippen LogP contribution in [0.2, 0.25) is 5.02 Å². The first-order chi connectivity index (χ1) is 12.5. The Kier molecular flexibility index (Phi) is 10.9. The van der Waals surface area contributed by atoms with Crippen molar-refractivity contribution in [1.29, 1.82) is 0 Å². The number of nitrogens with zero attached hydrogens (tertiary/aromatic N) is 2. The van der Waals surface area contributed by atoms with Gasteiger partial charge >= 0.3 is 0 Å². The number of benzene rings is 1. The quantitative estimate of drug-likeness (QED) is 0.311. The molecule has 3 N–H and O–H groups in total. The number of hydrogen-bond donors (Lipinski definition) is 3. The number of halogens is 3. The predicted octanol–water partition coefficient (Wildman–Crippen LogP) is 2.02. The number of piperidine rings is 1. The second-order valence-corrected chi connectivity index (χ2v) is 6.76. The van der Waals surface area contributed by atoms with Gasteiger partial charge in [0, 0.05) is 44.8 Å². The molecule has 1 saturated heterocycles. The Morgan fingerprint density at radius 1 is 1.37 bits per heavy atom. The summed E-state index contributed by atoms with van der Waals surface area (Å²) in [6.07, 6.45) is 2.60. The van der Waals surface area contributed by atoms with Crippen molar-refractivity contribution >= 4 is 47.4 Å². The van der Waals surface area contributed by atoms with Gasteiger partial charge in [0.25, 0.3) is 0 Å². The highest BCUT2D eigenvalue weighted by Gasteiger charge is 2.21. The summed E-state index contributed by atoms with van der Waals surface area (Å²) < 4.78 is 13.1. The smallest absolute Gasteiger partial charge is 0.233 e. The van der Waals surface area contributed by atoms with Gasteiger partial charge in [-0.1, -0.05) is 17.7 Å². The van der Waals surface area contributed by atoms with E-state index in [4.69, 9.17) is 11.6 Å². The van der Waals surface area contributed by atoms with Crippen molar-refractivity contribution in [3.05, 3.63) is 34.6 Å². The molecule has 1 amide bonds. The van der Waals surface area contributed by atoms with Gasteiger partial charge in [-0.25, -0.2) is 4.39 Å². The van der Waals surface area contributed by atoms with Crippen LogP contribution in [0.15, 0.2) is 23.2 Å². The number of likely N-dealkylation sites (tertiary alicyclic amines) is 1. The highest BCUT2D eigenvalue weighted by Crippen LogP contribution is 2.17. The molecular formula is C18H28ClFIN5O. The molecule has 0 unspecified atom stereocenters. The molecule has 1 fully saturated rings. The van der Waals surface area contributed by atoms with Crippen LogP contribution >= 0.6 is 35.6 Å². The van der Waals surface area contributed by atoms with Crippen molar-refractivity contribution in [2.24, 2.45) is 4.99 Å². The van der Waals surface area contributed by atoms with E-state index in [0.717, 1.165) is 37.5 Å². The van der Waals surface area contributed by atoms with E-state index in [0.29, 0.717) is 30.6 Å². The summed E-state index contributed by atoms with van der Waals surface area (Å²) >= 11 is 6.05. The van der Waals surface area contributed by atoms with Gasteiger partial charge in [0.1, 0.15) is 5.82 Å². The maximum Gasteiger partial charge on any atom is 0.233 e. The molecule has 9 heteroatoms. The Labute approximate surface area is 182 Å². The lowest BCUT2D eigenvalue weighted by molar-refractivity contribution is -0.122. The number of carbonyl (C=O) groups is 1. The molecule has 0 bridgehead atoms. The summed E-state index contributed by atoms with van der Waals surface area (Å²) in [6, 6.07) is 4.78. The first kappa shape index (κ1) is 23.9. The van der Waals surface area contributed by atoms with Crippen molar-refractivity contribution < 1.29 is 9.18 Å². The van der Waals surface area contributed by atoms with E-state index < -0.39 is 0 Å². The molecule has 0 radical (unpaired) electrons. The third kappa shape index (κ3) is 8.18. The van der Waals surface area contributed by atoms with E-state index in [1.165, 1.54) is 12.1 Å². The molecule has 0 saturated carbocycles. The molecule has 1 aliphatic rings. The largest absolute Gasteiger partial charge is 0.358 e. The van der Waals surface area contributed by atoms with Crippen LogP contribution in [-0.2, 0) is 11.2 Å². The van der Waals surface area contributed by atoms with Crippen LogP contribution < -0.4 is 16.0 Å². The first-order valence-corrected chi connectivity index (χ1v) is 9.23. The minimum Gasteiger partial charge on any atom is -0.358 e. The molecule has 2 rings (SSSR count). The van der Waals surface area contributed by atoms with Crippen LogP contribution in [0, 0.1) is 5.82 Å². The van der Waals surface area contributed by atoms with E-state index in [1.54, 1.807) is 20.2 Å². The van der Waals surface area contributed by atoms with Gasteiger partial charge in [-0.15, -0.1) is 24.0 Å². The molecule has 1 aromatic carbocycles. The molecule has 1 heterocycles. The summed E-state index contributed by atoms with van der Waals surface area (Å²) in [6.45, 7) is 2.87. The minimum atomic E-state index is -0.327. The van der Waals surface area contributed by atoms with Crippen molar-refractivity contribution in [3.8, 4) is 0 Å². The van der Waals surface area contributed by atoms with Crippen LogP contribution in [-0.4, -0.2) is 63.1 Å². The van der Waals surface area contributed by atoms with Gasteiger partial charge in [-0.05, 0) is 37.0 Å². The van der Waals surface area contributed by atoms with Gasteiger partial charge in [-0.3, -0.25) is 14.7 Å². The number of amides is 1. The molecule has 0 aliphatic carbocycles. The Balaban J connectivity index is 0.00000364. The predicted molar refractivity (Wildman–Crippen MR) is 119 cm³/mol. The Bertz CT molecular complexity index is 638. The lowest BCUT2D eigenvalue weighted by Gasteiger charge is -2.32. The number of aliphatic imine (C=N–C) groups is 1. The van der Waals surface area contributed by atoms with Gasteiger partial charge in [-0.2, -0.15) is 0 Å². The standard InChI is InChI=1S/C18H27ClFN5O.HI/c1-21-17(26)12-25-9-6-15(7-10-25)24-18(22-2)23-8-5-13-3-4-14(20)11-16(13)19;/h3-4,11,15H,5-10,12H2,1-2H3,(H,21,26)(H2,22,23,24);1H. The van der Waals surface area contributed by atoms with Crippen LogP contribution in [0.25, 0.3) is 0 Å². The number of carbonyl (C=O) groups excluding carboxylic acids is 1. The molecule has 1 aromatic rings. The van der Waals surface area contributed by atoms with Gasteiger partial charge in [0.05, 0.1) is 6.54 Å². The molecular weight excluding hydrogens is 484 g/mol. The second-order valence-electron chi connectivity index (χ2n) is 6.35. The van der Waals surface area contributed by atoms with Crippen LogP contribution in [0.3, 0.4) is 0 Å². The summed E-state index contributed by atoms with van der Waals surface area (Å²) in [4.78, 5) is 17.8. The number of nitrogens with one attached hydrogen (secondary N) is 3. The van der Waals surface area contributed by atoms with Crippen LogP contribution in [0.4, 0.5) is 4.39 Å². The SMILES string of the molecule is CN=C(NCCc1ccc(F)cc1Cl)NC1CCN(CC(=O)NC)CC1.I. The zero-order chi connectivity index (χ0) is 18.9. The van der Waals surface area contributed by atoms with E-state index in [1.807, 2.05) is 0 Å². The van der Waals surface area contributed by atoms with Crippen LogP contribution in [0.1, 0.15) is 18.4 Å². The van der Waals surface area contributed by atoms with Gasteiger partial charge < -0.3 is 16.0 Å². The number of hydrogen-bond acceptors (Lipinski definition) is 3. The fraction of sp³-hybridized carbons (Fsp3) is 0.556. The fourth-order valence-electron chi connectivity index (χ4n) is 2.95. The van der Waals surface area contributed by atoms with Crippen molar-refractivity contribution in [3.63, 3.8) is 0 Å². The summed E-state index contributed by atoms with van der Waals surface area (Å²) in [5.41, 5.74) is 0.901. The average molecular weight is 512 g/mol. The highest BCUT2D eigenvalue weighted by molar-refractivity contribution is 14.0. The second kappa shape index (κ2) is 12.4. The Morgan fingerprint density at radius 3 is 2.67 bits per heavy atom. The van der Waals surface area contributed by atoms with E-state index >= 15 is 0 Å². The van der Waals surface area contributed by atoms with Crippen molar-refractivity contribution in [2.45, 2.75) is 25.3 Å². The molecule has 0 atom stereocenters. The van der Waals surface area contributed by atoms with E-state index in [9.17, 15) is 9.18 Å². The molecule has 0 spiro atoms. The molecule has 27 heavy (non-hydrogen) atoms. The third-order valence-electron chi connectivity index (χ3n) is 4.50. The number of guanidine groups is 1. The normalized spacial score (nSPS) is 15.8. The Hall–Kier alpha value is -1.13. The minimum absolute atomic E-state index is 0. The molecule has 152 valence electrons. The fourth-order valence-corrected chi connectivity index (χ4v) is 3.21. The van der Waals surface area contributed by atoms with Gasteiger partial charge in [0.15, 0.2) is 5.96 Å². The summed E-state index contributed by atoms with van der Waals surface area (Å²) in [7, 11) is 3.40. The maximum atomic E-state index is 13.1. The zero-order valence-corrected chi connectivity index (χ0v) is 18.8. The number of rotatable bonds is 6. The average Bonchev–Trinajstić information content (AvgIpc) is 2.64. The summed E-state index contributed by atoms with van der Waals surface area (Å²) in [5.74, 6) is 0.466. The van der Waals surface area contributed by atoms with Crippen LogP contribution in [0.5, 0.6) is 0 Å². The van der Waals surface area contributed by atoms with E-state index in [-0.39, 0.29) is 35.7 Å². The summed E-state index contributed by atoms with van der Waals surface area (Å²) in [5, 5.41) is 9.79. The van der Waals surface area contributed by atoms with E-state index in [2.05, 4.69) is 25.8 Å². The topological polar surface area (TPSA) is 68.8 Å². The maximum absolute atomic E-state index is 13.1. The monoisotopic (exact) mass is 511 g/mol. The number of likely N-dealkylation sites (N-methyl/N-ethyl adjacent to an activating group) is 1. The Morgan fingerprint density at radius 2 is 2.07 bits per heavy atom. The van der Waals surface area contributed by atoms with Crippen molar-refractivity contribution in [2.75, 3.05) is 40.3 Å². The molecule has 1 aliphatic heterocycles. The third-order valence-corrected chi connectivity index (χ3v) is 4.85. The molecule has 0 aromatic heterocycles. The first-order valence-electron chi connectivity index (χ1n) is 8.86. The molecule has 6 nitrogen and oxygen atoms in total. The lowest BCUT2D eigenvalue weighted by Crippen LogP contribution is -2.50.